The van der Waals surface area contributed by atoms with Gasteiger partial charge in [-0.15, -0.1) is 0 Å². The molecule has 146 valence electrons. The summed E-state index contributed by atoms with van der Waals surface area (Å²) in [6, 6.07) is 7.47. The molecule has 6 nitrogen and oxygen atoms in total. The van der Waals surface area contributed by atoms with Crippen molar-refractivity contribution >= 4 is 23.5 Å². The average molecular weight is 403 g/mol. The topological polar surface area (TPSA) is 93.9 Å². The number of ether oxygens (including phenoxy) is 1. The molecule has 3 rings (SSSR count). The number of nitrogens with zero attached hydrogens (tertiary/aromatic N) is 2. The summed E-state index contributed by atoms with van der Waals surface area (Å²) in [6.07, 6.45) is 4.25. The van der Waals surface area contributed by atoms with Crippen LogP contribution in [0, 0.1) is 5.82 Å². The minimum atomic E-state index is -0.553. The van der Waals surface area contributed by atoms with Crippen LogP contribution in [0.3, 0.4) is 0 Å². The SMILES string of the molecule is CCCCCOC(=O)c1cc(-c2ccnc(N)n2)[nH]c1-c1ccc(Cl)cc1F. The molecule has 0 atom stereocenters. The van der Waals surface area contributed by atoms with Crippen molar-refractivity contribution in [1.82, 2.24) is 15.0 Å². The number of esters is 1. The number of carbonyl (C=O) groups excluding carboxylic acids is 1. The summed E-state index contributed by atoms with van der Waals surface area (Å²) < 4.78 is 19.9. The highest BCUT2D eigenvalue weighted by Crippen LogP contribution is 2.32. The van der Waals surface area contributed by atoms with E-state index in [1.807, 2.05) is 0 Å². The van der Waals surface area contributed by atoms with E-state index in [4.69, 9.17) is 22.1 Å². The van der Waals surface area contributed by atoms with Crippen molar-refractivity contribution in [2.24, 2.45) is 0 Å². The Balaban J connectivity index is 2.01. The van der Waals surface area contributed by atoms with Gasteiger partial charge in [0.05, 0.1) is 29.3 Å². The third kappa shape index (κ3) is 4.48. The lowest BCUT2D eigenvalue weighted by atomic mass is 10.1. The smallest absolute Gasteiger partial charge is 0.340 e. The number of benzene rings is 1. The van der Waals surface area contributed by atoms with Crippen LogP contribution in [0.5, 0.6) is 0 Å². The molecular weight excluding hydrogens is 383 g/mol. The number of anilines is 1. The maximum absolute atomic E-state index is 14.5. The number of hydrogen-bond acceptors (Lipinski definition) is 5. The Morgan fingerprint density at radius 3 is 2.82 bits per heavy atom. The Kier molecular flexibility index (Phi) is 6.26. The van der Waals surface area contributed by atoms with Gasteiger partial charge >= 0.3 is 5.97 Å². The van der Waals surface area contributed by atoms with Gasteiger partial charge < -0.3 is 15.5 Å². The second-order valence-corrected chi connectivity index (χ2v) is 6.68. The molecular formula is C20H20ClFN4O2. The van der Waals surface area contributed by atoms with Crippen molar-refractivity contribution in [3.63, 3.8) is 0 Å². The van der Waals surface area contributed by atoms with Crippen LogP contribution in [0.1, 0.15) is 36.5 Å². The minimum absolute atomic E-state index is 0.0926. The number of carbonyl (C=O) groups is 1. The molecule has 0 aliphatic heterocycles. The van der Waals surface area contributed by atoms with E-state index in [1.54, 1.807) is 18.2 Å². The number of H-pyrrole nitrogens is 1. The summed E-state index contributed by atoms with van der Waals surface area (Å²) in [5.41, 5.74) is 7.34. The van der Waals surface area contributed by atoms with Crippen LogP contribution >= 0.6 is 11.6 Å². The number of halogens is 2. The predicted molar refractivity (Wildman–Crippen MR) is 106 cm³/mol. The van der Waals surface area contributed by atoms with Gasteiger partial charge in [0.15, 0.2) is 0 Å². The van der Waals surface area contributed by atoms with Gasteiger partial charge in [0, 0.05) is 16.8 Å². The lowest BCUT2D eigenvalue weighted by molar-refractivity contribution is 0.0499. The van der Waals surface area contributed by atoms with Crippen molar-refractivity contribution in [2.45, 2.75) is 26.2 Å². The number of nitrogens with two attached hydrogens (primary N) is 1. The average Bonchev–Trinajstić information content (AvgIpc) is 3.10. The van der Waals surface area contributed by atoms with E-state index < -0.39 is 11.8 Å². The molecule has 0 saturated heterocycles. The van der Waals surface area contributed by atoms with Crippen LogP contribution in [0.25, 0.3) is 22.6 Å². The maximum atomic E-state index is 14.5. The third-order valence-corrected chi connectivity index (χ3v) is 4.40. The minimum Gasteiger partial charge on any atom is -0.462 e. The molecule has 0 amide bonds. The molecule has 2 heterocycles. The van der Waals surface area contributed by atoms with Crippen LogP contribution in [-0.2, 0) is 4.74 Å². The predicted octanol–water partition coefficient (Wildman–Crippen LogP) is 4.86. The Morgan fingerprint density at radius 1 is 1.29 bits per heavy atom. The van der Waals surface area contributed by atoms with Gasteiger partial charge in [0.25, 0.3) is 0 Å². The van der Waals surface area contributed by atoms with E-state index in [1.165, 1.54) is 18.3 Å². The van der Waals surface area contributed by atoms with E-state index in [9.17, 15) is 9.18 Å². The van der Waals surface area contributed by atoms with Crippen molar-refractivity contribution in [3.05, 3.63) is 52.9 Å². The van der Waals surface area contributed by atoms with Crippen LogP contribution in [-0.4, -0.2) is 27.5 Å². The number of nitrogens with one attached hydrogen (secondary N) is 1. The van der Waals surface area contributed by atoms with Crippen LogP contribution < -0.4 is 5.73 Å². The number of hydrogen-bond donors (Lipinski definition) is 2. The normalized spacial score (nSPS) is 10.8. The summed E-state index contributed by atoms with van der Waals surface area (Å²) in [7, 11) is 0. The molecule has 0 radical (unpaired) electrons. The van der Waals surface area contributed by atoms with E-state index in [-0.39, 0.29) is 22.1 Å². The Labute approximate surface area is 166 Å². The van der Waals surface area contributed by atoms with Crippen molar-refractivity contribution in [3.8, 4) is 22.6 Å². The Hall–Kier alpha value is -2.93. The first-order valence-corrected chi connectivity index (χ1v) is 9.32. The van der Waals surface area contributed by atoms with Gasteiger partial charge in [-0.1, -0.05) is 31.4 Å². The molecule has 0 spiro atoms. The highest BCUT2D eigenvalue weighted by molar-refractivity contribution is 6.30. The molecule has 0 aliphatic rings. The molecule has 0 aliphatic carbocycles. The molecule has 0 bridgehead atoms. The van der Waals surface area contributed by atoms with Gasteiger partial charge in [-0.3, -0.25) is 0 Å². The first-order chi connectivity index (χ1) is 13.5. The molecule has 3 aromatic rings. The second kappa shape index (κ2) is 8.84. The van der Waals surface area contributed by atoms with E-state index in [2.05, 4.69) is 21.9 Å². The number of rotatable bonds is 7. The summed E-state index contributed by atoms with van der Waals surface area (Å²) >= 11 is 5.85. The van der Waals surface area contributed by atoms with Gasteiger partial charge in [0.2, 0.25) is 5.95 Å². The van der Waals surface area contributed by atoms with E-state index in [0.717, 1.165) is 19.3 Å². The summed E-state index contributed by atoms with van der Waals surface area (Å²) in [4.78, 5) is 23.7. The zero-order valence-electron chi connectivity index (χ0n) is 15.3. The molecule has 0 unspecified atom stereocenters. The van der Waals surface area contributed by atoms with Gasteiger partial charge in [-0.05, 0) is 36.8 Å². The van der Waals surface area contributed by atoms with Crippen LogP contribution in [0.4, 0.5) is 10.3 Å². The zero-order chi connectivity index (χ0) is 20.1. The first-order valence-electron chi connectivity index (χ1n) is 8.94. The zero-order valence-corrected chi connectivity index (χ0v) is 16.1. The summed E-state index contributed by atoms with van der Waals surface area (Å²) in [6.45, 7) is 2.37. The fraction of sp³-hybridized carbons (Fsp3) is 0.250. The highest BCUT2D eigenvalue weighted by atomic mass is 35.5. The van der Waals surface area contributed by atoms with E-state index >= 15 is 0 Å². The number of nitrogen functional groups attached to an aromatic ring is 1. The fourth-order valence-electron chi connectivity index (χ4n) is 2.78. The lowest BCUT2D eigenvalue weighted by Crippen LogP contribution is -2.07. The van der Waals surface area contributed by atoms with Crippen LogP contribution in [0.15, 0.2) is 36.5 Å². The number of aromatic nitrogens is 3. The quantitative estimate of drug-likeness (QED) is 0.434. The lowest BCUT2D eigenvalue weighted by Gasteiger charge is -2.07. The second-order valence-electron chi connectivity index (χ2n) is 6.24. The fourth-order valence-corrected chi connectivity index (χ4v) is 2.94. The van der Waals surface area contributed by atoms with E-state index in [0.29, 0.717) is 23.7 Å². The molecule has 3 N–H and O–H groups in total. The number of unbranched alkanes of at least 4 members (excludes halogenated alkanes) is 2. The van der Waals surface area contributed by atoms with Gasteiger partial charge in [0.1, 0.15) is 5.82 Å². The summed E-state index contributed by atoms with van der Waals surface area (Å²) in [5.74, 6) is -0.997. The monoisotopic (exact) mass is 402 g/mol. The maximum Gasteiger partial charge on any atom is 0.340 e. The van der Waals surface area contributed by atoms with Crippen molar-refractivity contribution in [2.75, 3.05) is 12.3 Å². The van der Waals surface area contributed by atoms with Crippen LogP contribution in [0.2, 0.25) is 5.02 Å². The van der Waals surface area contributed by atoms with Gasteiger partial charge in [-0.25, -0.2) is 19.2 Å². The third-order valence-electron chi connectivity index (χ3n) is 4.17. The molecule has 0 fully saturated rings. The molecule has 8 heteroatoms. The number of aromatic amines is 1. The molecule has 28 heavy (non-hydrogen) atoms. The van der Waals surface area contributed by atoms with Crippen molar-refractivity contribution < 1.29 is 13.9 Å². The Bertz CT molecular complexity index is 990. The molecule has 1 aromatic carbocycles. The standard InChI is InChI=1S/C20H20ClFN4O2/c1-2-3-4-9-28-19(27)14-11-17(16-7-8-24-20(23)26-16)25-18(14)13-6-5-12(21)10-15(13)22/h5-8,10-11,25H,2-4,9H2,1H3,(H2,23,24,26). The molecule has 0 saturated carbocycles. The first kappa shape index (κ1) is 19.8. The largest absolute Gasteiger partial charge is 0.462 e. The van der Waals surface area contributed by atoms with Crippen molar-refractivity contribution in [1.29, 1.82) is 0 Å². The highest BCUT2D eigenvalue weighted by Gasteiger charge is 2.21. The Morgan fingerprint density at radius 2 is 2.11 bits per heavy atom. The molecule has 2 aromatic heterocycles. The summed E-state index contributed by atoms with van der Waals surface area (Å²) in [5, 5.41) is 0.264. The van der Waals surface area contributed by atoms with Gasteiger partial charge in [-0.2, -0.15) is 0 Å².